The Morgan fingerprint density at radius 3 is 2.78 bits per heavy atom. The number of anilines is 1. The van der Waals surface area contributed by atoms with Gasteiger partial charge >= 0.3 is 0 Å². The maximum absolute atomic E-state index is 4.55. The lowest BCUT2D eigenvalue weighted by molar-refractivity contribution is 0.582. The molecule has 0 spiro atoms. The smallest absolute Gasteiger partial charge is 0.132 e. The number of aromatic nitrogens is 1. The first-order valence-corrected chi connectivity index (χ1v) is 7.40. The van der Waals surface area contributed by atoms with Crippen LogP contribution in [0.15, 0.2) is 16.7 Å². The van der Waals surface area contributed by atoms with Crippen LogP contribution in [0.25, 0.3) is 0 Å². The quantitative estimate of drug-likeness (QED) is 0.836. The van der Waals surface area contributed by atoms with Crippen molar-refractivity contribution in [1.82, 2.24) is 10.3 Å². The summed E-state index contributed by atoms with van der Waals surface area (Å²) >= 11 is 3.49. The lowest BCUT2D eigenvalue weighted by atomic mass is 10.1. The zero-order chi connectivity index (χ0) is 13.5. The number of nitrogens with one attached hydrogen (secondary N) is 1. The van der Waals surface area contributed by atoms with E-state index in [4.69, 9.17) is 0 Å². The number of hydrogen-bond donors (Lipinski definition) is 1. The normalized spacial score (nSPS) is 11.0. The molecule has 0 aliphatic heterocycles. The molecular weight excluding hydrogens is 290 g/mol. The van der Waals surface area contributed by atoms with Crippen molar-refractivity contribution in [2.45, 2.75) is 33.7 Å². The van der Waals surface area contributed by atoms with Gasteiger partial charge in [0.25, 0.3) is 0 Å². The Bertz CT molecular complexity index is 366. The third-order valence-electron chi connectivity index (χ3n) is 2.88. The third kappa shape index (κ3) is 4.94. The molecule has 0 saturated heterocycles. The number of rotatable bonds is 7. The molecule has 1 aromatic rings. The van der Waals surface area contributed by atoms with Gasteiger partial charge in [0.1, 0.15) is 5.82 Å². The molecule has 3 nitrogen and oxygen atoms in total. The van der Waals surface area contributed by atoms with Crippen molar-refractivity contribution in [1.29, 1.82) is 0 Å². The number of nitrogens with zero attached hydrogens (tertiary/aromatic N) is 2. The van der Waals surface area contributed by atoms with E-state index in [0.717, 1.165) is 35.8 Å². The Balaban J connectivity index is 2.78. The average molecular weight is 314 g/mol. The van der Waals surface area contributed by atoms with Crippen LogP contribution in [-0.4, -0.2) is 25.1 Å². The van der Waals surface area contributed by atoms with Crippen molar-refractivity contribution < 1.29 is 0 Å². The standard InChI is InChI=1S/C14H24BrN3/c1-5-16-9-12-8-13(15)10-17-14(12)18(4)7-6-11(2)3/h8,10-11,16H,5-7,9H2,1-4H3. The van der Waals surface area contributed by atoms with Crippen LogP contribution in [0.1, 0.15) is 32.8 Å². The van der Waals surface area contributed by atoms with E-state index >= 15 is 0 Å². The minimum absolute atomic E-state index is 0.722. The molecule has 1 N–H and O–H groups in total. The van der Waals surface area contributed by atoms with Crippen molar-refractivity contribution in [3.63, 3.8) is 0 Å². The van der Waals surface area contributed by atoms with Gasteiger partial charge in [-0.25, -0.2) is 4.98 Å². The monoisotopic (exact) mass is 313 g/mol. The highest BCUT2D eigenvalue weighted by atomic mass is 79.9. The van der Waals surface area contributed by atoms with E-state index in [1.54, 1.807) is 0 Å². The van der Waals surface area contributed by atoms with Gasteiger partial charge in [-0.15, -0.1) is 0 Å². The second kappa shape index (κ2) is 7.74. The summed E-state index contributed by atoms with van der Waals surface area (Å²) in [4.78, 5) is 6.80. The van der Waals surface area contributed by atoms with Crippen molar-refractivity contribution in [2.24, 2.45) is 5.92 Å². The molecule has 102 valence electrons. The summed E-state index contributed by atoms with van der Waals surface area (Å²) < 4.78 is 1.04. The van der Waals surface area contributed by atoms with Crippen molar-refractivity contribution in [3.05, 3.63) is 22.3 Å². The van der Waals surface area contributed by atoms with Gasteiger partial charge in [-0.1, -0.05) is 20.8 Å². The van der Waals surface area contributed by atoms with E-state index in [0.29, 0.717) is 0 Å². The van der Waals surface area contributed by atoms with Gasteiger partial charge < -0.3 is 10.2 Å². The molecule has 0 radical (unpaired) electrons. The van der Waals surface area contributed by atoms with E-state index in [2.05, 4.69) is 65.0 Å². The minimum atomic E-state index is 0.722. The molecule has 0 aromatic carbocycles. The third-order valence-corrected chi connectivity index (χ3v) is 3.31. The first-order chi connectivity index (χ1) is 8.54. The van der Waals surface area contributed by atoms with Crippen LogP contribution < -0.4 is 10.2 Å². The van der Waals surface area contributed by atoms with E-state index in [1.807, 2.05) is 6.20 Å². The molecule has 0 amide bonds. The van der Waals surface area contributed by atoms with Gasteiger partial charge in [0, 0.05) is 36.4 Å². The highest BCUT2D eigenvalue weighted by Crippen LogP contribution is 2.21. The average Bonchev–Trinajstić information content (AvgIpc) is 2.33. The molecule has 0 atom stereocenters. The highest BCUT2D eigenvalue weighted by molar-refractivity contribution is 9.10. The number of pyridine rings is 1. The minimum Gasteiger partial charge on any atom is -0.359 e. The highest BCUT2D eigenvalue weighted by Gasteiger charge is 2.10. The lowest BCUT2D eigenvalue weighted by Crippen LogP contribution is -2.24. The van der Waals surface area contributed by atoms with E-state index in [1.165, 1.54) is 12.0 Å². The van der Waals surface area contributed by atoms with Gasteiger partial charge in [0.05, 0.1) is 0 Å². The van der Waals surface area contributed by atoms with Gasteiger partial charge in [-0.3, -0.25) is 0 Å². The molecule has 0 aliphatic rings. The first-order valence-electron chi connectivity index (χ1n) is 6.60. The molecule has 0 unspecified atom stereocenters. The Morgan fingerprint density at radius 2 is 2.17 bits per heavy atom. The predicted octanol–water partition coefficient (Wildman–Crippen LogP) is 3.44. The Labute approximate surface area is 119 Å². The molecule has 1 aromatic heterocycles. The van der Waals surface area contributed by atoms with Crippen LogP contribution in [0.2, 0.25) is 0 Å². The Kier molecular flexibility index (Phi) is 6.65. The SMILES string of the molecule is CCNCc1cc(Br)cnc1N(C)CCC(C)C. The Hall–Kier alpha value is -0.610. The van der Waals surface area contributed by atoms with E-state index in [9.17, 15) is 0 Å². The summed E-state index contributed by atoms with van der Waals surface area (Å²) in [7, 11) is 2.12. The van der Waals surface area contributed by atoms with Crippen molar-refractivity contribution >= 4 is 21.7 Å². The number of halogens is 1. The second-order valence-corrected chi connectivity index (χ2v) is 5.94. The molecule has 18 heavy (non-hydrogen) atoms. The van der Waals surface area contributed by atoms with Crippen LogP contribution in [0.4, 0.5) is 5.82 Å². The molecule has 0 saturated carbocycles. The second-order valence-electron chi connectivity index (χ2n) is 5.02. The lowest BCUT2D eigenvalue weighted by Gasteiger charge is -2.22. The molecule has 1 rings (SSSR count). The van der Waals surface area contributed by atoms with E-state index < -0.39 is 0 Å². The summed E-state index contributed by atoms with van der Waals surface area (Å²) in [5, 5.41) is 3.36. The molecule has 1 heterocycles. The molecule has 0 bridgehead atoms. The van der Waals surface area contributed by atoms with Crippen molar-refractivity contribution in [3.8, 4) is 0 Å². The maximum atomic E-state index is 4.55. The van der Waals surface area contributed by atoms with Crippen LogP contribution >= 0.6 is 15.9 Å². The largest absolute Gasteiger partial charge is 0.359 e. The predicted molar refractivity (Wildman–Crippen MR) is 82.0 cm³/mol. The van der Waals surface area contributed by atoms with Gasteiger partial charge in [-0.05, 0) is 40.9 Å². The van der Waals surface area contributed by atoms with Crippen LogP contribution in [0.3, 0.4) is 0 Å². The topological polar surface area (TPSA) is 28.2 Å². The summed E-state index contributed by atoms with van der Waals surface area (Å²) in [5.41, 5.74) is 1.25. The van der Waals surface area contributed by atoms with Gasteiger partial charge in [0.15, 0.2) is 0 Å². The summed E-state index contributed by atoms with van der Waals surface area (Å²) in [6.45, 7) is 9.51. The van der Waals surface area contributed by atoms with Crippen LogP contribution in [0, 0.1) is 5.92 Å². The zero-order valence-corrected chi connectivity index (χ0v) is 13.4. The number of hydrogen-bond acceptors (Lipinski definition) is 3. The van der Waals surface area contributed by atoms with Gasteiger partial charge in [-0.2, -0.15) is 0 Å². The van der Waals surface area contributed by atoms with Crippen LogP contribution in [0.5, 0.6) is 0 Å². The maximum Gasteiger partial charge on any atom is 0.132 e. The molecule has 4 heteroatoms. The first kappa shape index (κ1) is 15.4. The van der Waals surface area contributed by atoms with E-state index in [-0.39, 0.29) is 0 Å². The molecular formula is C14H24BrN3. The summed E-state index contributed by atoms with van der Waals surface area (Å²) in [6.07, 6.45) is 3.06. The molecule has 0 aliphatic carbocycles. The van der Waals surface area contributed by atoms with Crippen LogP contribution in [-0.2, 0) is 6.54 Å². The summed E-state index contributed by atoms with van der Waals surface area (Å²) in [6, 6.07) is 2.15. The Morgan fingerprint density at radius 1 is 1.44 bits per heavy atom. The fourth-order valence-electron chi connectivity index (χ4n) is 1.77. The van der Waals surface area contributed by atoms with Gasteiger partial charge in [0.2, 0.25) is 0 Å². The van der Waals surface area contributed by atoms with Crippen molar-refractivity contribution in [2.75, 3.05) is 25.0 Å². The fraction of sp³-hybridized carbons (Fsp3) is 0.643. The fourth-order valence-corrected chi connectivity index (χ4v) is 2.14. The molecule has 0 fully saturated rings. The zero-order valence-electron chi connectivity index (χ0n) is 11.8. The summed E-state index contributed by atoms with van der Waals surface area (Å²) in [5.74, 6) is 1.81.